The maximum Gasteiger partial charge on any atom is 0.150 e. The highest BCUT2D eigenvalue weighted by Gasteiger charge is 2.14. The number of aromatic hydroxyl groups is 2. The lowest BCUT2D eigenvalue weighted by Gasteiger charge is -2.26. The van der Waals surface area contributed by atoms with Crippen LogP contribution in [-0.2, 0) is 25.7 Å². The van der Waals surface area contributed by atoms with Crippen LogP contribution in [0, 0.1) is 0 Å². The summed E-state index contributed by atoms with van der Waals surface area (Å²) in [6.45, 7) is 24.6. The Kier molecular flexibility index (Phi) is 56.6. The van der Waals surface area contributed by atoms with Gasteiger partial charge in [0.1, 0.15) is 73.5 Å². The van der Waals surface area contributed by atoms with Crippen molar-refractivity contribution in [1.82, 2.24) is 24.5 Å². The van der Waals surface area contributed by atoms with Gasteiger partial charge < -0.3 is 49.4 Å². The fraction of sp³-hybridized carbons (Fsp3) is 0.519. The van der Waals surface area contributed by atoms with E-state index in [0.717, 1.165) is 123 Å². The number of phenols is 2. The Balaban J connectivity index is 0.000000587. The third kappa shape index (κ3) is 43.5. The molecule has 5 aliphatic heterocycles. The molecule has 5 fully saturated rings. The van der Waals surface area contributed by atoms with Gasteiger partial charge in [0.05, 0.1) is 19.8 Å². The Morgan fingerprint density at radius 1 is 0.320 bits per heavy atom. The second-order valence-electron chi connectivity index (χ2n) is 24.2. The average Bonchev–Trinajstić information content (AvgIpc) is 1.21. The zero-order valence-corrected chi connectivity index (χ0v) is 63.5. The van der Waals surface area contributed by atoms with E-state index in [-0.39, 0.29) is 68.5 Å². The van der Waals surface area contributed by atoms with Crippen molar-refractivity contribution in [2.24, 2.45) is 0 Å². The van der Waals surface area contributed by atoms with Crippen LogP contribution >= 0.6 is 60.4 Å². The summed E-state index contributed by atoms with van der Waals surface area (Å²) in [7, 11) is 0. The molecule has 0 amide bonds. The van der Waals surface area contributed by atoms with Gasteiger partial charge >= 0.3 is 0 Å². The molecule has 0 radical (unpaired) electrons. The summed E-state index contributed by atoms with van der Waals surface area (Å²) in [5, 5.41) is 43.9. The number of hydrogen-bond donors (Lipinski definition) is 5. The summed E-state index contributed by atoms with van der Waals surface area (Å²) in [6, 6.07) is 43.1. The summed E-state index contributed by atoms with van der Waals surface area (Å²) in [6.07, 6.45) is 21.8. The lowest BCUT2D eigenvalue weighted by molar-refractivity contribution is 0.111. The Labute approximate surface area is 627 Å². The van der Waals surface area contributed by atoms with E-state index in [1.54, 1.807) is 48.5 Å². The zero-order valence-electron chi connectivity index (χ0n) is 59.5. The molecule has 21 heteroatoms. The normalized spacial score (nSPS) is 15.2. The molecule has 0 spiro atoms. The summed E-state index contributed by atoms with van der Waals surface area (Å²) >= 11 is 11.3. The van der Waals surface area contributed by atoms with Crippen molar-refractivity contribution in [3.8, 4) is 34.5 Å². The monoisotopic (exact) mass is 1490 g/mol. The molecule has 0 unspecified atom stereocenters. The molecule has 0 atom stereocenters. The summed E-state index contributed by atoms with van der Waals surface area (Å²) in [5.41, 5.74) is 5.06. The van der Waals surface area contributed by atoms with Gasteiger partial charge in [-0.3, -0.25) is 29.2 Å². The number of halogens is 5. The number of nitrogens with zero attached hydrogens (tertiary/aromatic N) is 5. The quantitative estimate of drug-likeness (QED) is 0.0284. The largest absolute Gasteiger partial charge is 0.508 e. The maximum atomic E-state index is 10.5. The molecular formula is C79H118Cl5N5O11. The van der Waals surface area contributed by atoms with Gasteiger partial charge in [0.15, 0.2) is 0 Å². The van der Waals surface area contributed by atoms with Gasteiger partial charge in [-0.2, -0.15) is 0 Å². The van der Waals surface area contributed by atoms with Gasteiger partial charge in [-0.05, 0) is 249 Å². The number of hydrogen-bond acceptors (Lipinski definition) is 16. The standard InChI is InChI=1S/C14H20ClNO.2C14H21NO2.C14H19NO2.C7H14ClN.C7H8O2.C7H6O2.C2H6.3ClH/c15-12-13-4-6-14(7-5-13)17-11-10-16-8-2-1-3-9-16;3*16-12-13-4-6-14(7-5-13)17-11-10-15-8-2-1-3-9-15;8-4-7-9-5-2-1-3-6-9;2*8-5-6-1-3-7(9)4-2-6;1-2;;;/h4-7H,1-3,8-12H2;2*4-7,16H,1-3,8-12H2;4-7,12H,1-3,8-11H2;1-7H2;1-4,8-9H,5H2;1-5,9H;1-2H3;3*1H. The first-order chi connectivity index (χ1) is 47.6. The predicted octanol–water partition coefficient (Wildman–Crippen LogP) is 15.8. The number of benzene rings is 6. The summed E-state index contributed by atoms with van der Waals surface area (Å²) in [5.74, 6) is 5.32. The number of rotatable bonds is 24. The van der Waals surface area contributed by atoms with E-state index in [9.17, 15) is 9.59 Å². The molecule has 5 heterocycles. The van der Waals surface area contributed by atoms with Gasteiger partial charge in [0.2, 0.25) is 0 Å². The van der Waals surface area contributed by atoms with Crippen molar-refractivity contribution in [2.75, 3.05) is 130 Å². The van der Waals surface area contributed by atoms with Gasteiger partial charge in [-0.25, -0.2) is 0 Å². The Bertz CT molecular complexity index is 2670. The number of phenolic OH excluding ortho intramolecular Hbond substituents is 2. The fourth-order valence-corrected chi connectivity index (χ4v) is 11.5. The van der Waals surface area contributed by atoms with E-state index < -0.39 is 0 Å². The minimum absolute atomic E-state index is 0. The Hall–Kier alpha value is -5.41. The minimum Gasteiger partial charge on any atom is -0.508 e. The summed E-state index contributed by atoms with van der Waals surface area (Å²) in [4.78, 5) is 32.8. The third-order valence-electron chi connectivity index (χ3n) is 16.8. The molecule has 560 valence electrons. The van der Waals surface area contributed by atoms with Crippen molar-refractivity contribution in [2.45, 2.75) is 136 Å². The van der Waals surface area contributed by atoms with Crippen LogP contribution in [0.4, 0.5) is 0 Å². The van der Waals surface area contributed by atoms with Crippen molar-refractivity contribution < 1.29 is 54.1 Å². The van der Waals surface area contributed by atoms with Crippen LogP contribution in [0.1, 0.15) is 153 Å². The molecule has 11 rings (SSSR count). The highest BCUT2D eigenvalue weighted by atomic mass is 35.5. The maximum absolute atomic E-state index is 10.5. The van der Waals surface area contributed by atoms with E-state index in [1.165, 1.54) is 174 Å². The smallest absolute Gasteiger partial charge is 0.150 e. The van der Waals surface area contributed by atoms with Gasteiger partial charge in [0, 0.05) is 55.6 Å². The lowest BCUT2D eigenvalue weighted by atomic mass is 10.1. The van der Waals surface area contributed by atoms with Crippen molar-refractivity contribution >= 4 is 73.0 Å². The third-order valence-corrected chi connectivity index (χ3v) is 17.3. The highest BCUT2D eigenvalue weighted by molar-refractivity contribution is 6.18. The van der Waals surface area contributed by atoms with Crippen LogP contribution in [0.25, 0.3) is 0 Å². The molecule has 100 heavy (non-hydrogen) atoms. The second kappa shape index (κ2) is 61.1. The predicted molar refractivity (Wildman–Crippen MR) is 417 cm³/mol. The number of ether oxygens (including phenoxy) is 4. The van der Waals surface area contributed by atoms with Crippen LogP contribution in [0.15, 0.2) is 146 Å². The molecule has 0 bridgehead atoms. The molecule has 0 aromatic heterocycles. The van der Waals surface area contributed by atoms with E-state index in [1.807, 2.05) is 98.8 Å². The number of alkyl halides is 2. The first-order valence-electron chi connectivity index (χ1n) is 35.5. The zero-order chi connectivity index (χ0) is 69.6. The van der Waals surface area contributed by atoms with Crippen LogP contribution in [0.5, 0.6) is 34.5 Å². The first-order valence-corrected chi connectivity index (χ1v) is 36.6. The lowest BCUT2D eigenvalue weighted by Crippen LogP contribution is -2.33. The molecule has 5 saturated heterocycles. The topological polar surface area (TPSA) is 188 Å². The second-order valence-corrected chi connectivity index (χ2v) is 24.8. The molecule has 0 saturated carbocycles. The van der Waals surface area contributed by atoms with Crippen molar-refractivity contribution in [3.63, 3.8) is 0 Å². The van der Waals surface area contributed by atoms with Crippen LogP contribution in [-0.4, -0.2) is 193 Å². The number of piperidine rings is 5. The molecule has 6 aromatic rings. The van der Waals surface area contributed by atoms with Crippen LogP contribution in [0.2, 0.25) is 0 Å². The number of aldehydes is 2. The molecule has 0 aliphatic carbocycles. The number of aliphatic hydroxyl groups excluding tert-OH is 3. The molecule has 5 aliphatic rings. The van der Waals surface area contributed by atoms with Gasteiger partial charge in [-0.15, -0.1) is 60.4 Å². The highest BCUT2D eigenvalue weighted by Crippen LogP contribution is 2.19. The van der Waals surface area contributed by atoms with E-state index >= 15 is 0 Å². The number of carbonyl (C=O) groups excluding carboxylic acids is 2. The average molecular weight is 1490 g/mol. The molecule has 16 nitrogen and oxygen atoms in total. The van der Waals surface area contributed by atoms with Gasteiger partial charge in [0.25, 0.3) is 0 Å². The molecule has 5 N–H and O–H groups in total. The fourth-order valence-electron chi connectivity index (χ4n) is 11.1. The Morgan fingerprint density at radius 3 is 0.760 bits per heavy atom. The first kappa shape index (κ1) is 92.6. The van der Waals surface area contributed by atoms with Crippen LogP contribution in [0.3, 0.4) is 0 Å². The minimum atomic E-state index is 0. The Morgan fingerprint density at radius 2 is 0.530 bits per heavy atom. The number of likely N-dealkylation sites (tertiary alicyclic amines) is 5. The van der Waals surface area contributed by atoms with Gasteiger partial charge in [-0.1, -0.05) is 94.5 Å². The molecule has 6 aromatic carbocycles. The summed E-state index contributed by atoms with van der Waals surface area (Å²) < 4.78 is 22.7. The van der Waals surface area contributed by atoms with Crippen LogP contribution < -0.4 is 18.9 Å². The number of aliphatic hydroxyl groups is 3. The van der Waals surface area contributed by atoms with E-state index in [2.05, 4.69) is 24.5 Å². The van der Waals surface area contributed by atoms with Crippen molar-refractivity contribution in [1.29, 1.82) is 0 Å². The van der Waals surface area contributed by atoms with E-state index in [0.29, 0.717) is 17.0 Å². The van der Waals surface area contributed by atoms with E-state index in [4.69, 9.17) is 67.7 Å². The number of carbonyl (C=O) groups is 2. The molecular weight excluding hydrogens is 1370 g/mol. The van der Waals surface area contributed by atoms with Crippen molar-refractivity contribution in [3.05, 3.63) is 179 Å². The SMILES string of the molecule is CC.Cl.Cl.Cl.ClCCN1CCCCC1.ClCc1ccc(OCCN2CCCCC2)cc1.O=Cc1ccc(O)cc1.O=Cc1ccc(OCCN2CCCCC2)cc1.OCc1ccc(O)cc1.OCc1ccc(OCCN2CCCCC2)cc1.OCc1ccc(OCCN2CCCCC2)cc1.